The van der Waals surface area contributed by atoms with Crippen LogP contribution < -0.4 is 10.8 Å². The van der Waals surface area contributed by atoms with E-state index in [-0.39, 0.29) is 11.0 Å². The Morgan fingerprint density at radius 2 is 1.95 bits per heavy atom. The van der Waals surface area contributed by atoms with Gasteiger partial charge in [-0.3, -0.25) is 4.79 Å². The van der Waals surface area contributed by atoms with Crippen molar-refractivity contribution in [2.24, 2.45) is 0 Å². The molecule has 3 N–H and O–H groups in total. The molecular formula is C15H15BFNO3. The van der Waals surface area contributed by atoms with Crippen LogP contribution in [-0.4, -0.2) is 23.1 Å². The molecule has 108 valence electrons. The number of hydrogen-bond acceptors (Lipinski definition) is 3. The molecule has 0 atom stereocenters. The average molecular weight is 287 g/mol. The molecule has 0 spiro atoms. The van der Waals surface area contributed by atoms with Crippen LogP contribution in [-0.2, 0) is 6.42 Å². The van der Waals surface area contributed by atoms with Gasteiger partial charge in [0.2, 0.25) is 0 Å². The number of rotatable bonds is 4. The number of nitrogens with one attached hydrogen (secondary N) is 1. The first-order valence-electron chi connectivity index (χ1n) is 6.57. The molecule has 0 heterocycles. The molecule has 1 amide bonds. The van der Waals surface area contributed by atoms with Gasteiger partial charge in [0, 0.05) is 16.7 Å². The Morgan fingerprint density at radius 1 is 1.24 bits per heavy atom. The summed E-state index contributed by atoms with van der Waals surface area (Å²) >= 11 is 0. The van der Waals surface area contributed by atoms with Crippen LogP contribution in [0.5, 0.6) is 0 Å². The van der Waals surface area contributed by atoms with E-state index in [4.69, 9.17) is 10.0 Å². The molecule has 0 radical (unpaired) electrons. The van der Waals surface area contributed by atoms with Crippen LogP contribution >= 0.6 is 0 Å². The molecule has 0 aliphatic heterocycles. The van der Waals surface area contributed by atoms with E-state index in [0.717, 1.165) is 18.1 Å². The molecule has 0 saturated heterocycles. The van der Waals surface area contributed by atoms with E-state index in [0.29, 0.717) is 5.69 Å². The lowest BCUT2D eigenvalue weighted by Crippen LogP contribution is -2.33. The topological polar surface area (TPSA) is 69.6 Å². The zero-order chi connectivity index (χ0) is 15.4. The standard InChI is InChI=1S/C15H15BFNO3/c1-2-10-5-3-4-6-14(10)18-15(19)11-7-8-12(16(20)21)13(17)9-11/h3-9,20-21H,2H2,1H3,(H,18,19). The highest BCUT2D eigenvalue weighted by molar-refractivity contribution is 6.58. The van der Waals surface area contributed by atoms with E-state index < -0.39 is 18.8 Å². The molecule has 0 aliphatic rings. The Hall–Kier alpha value is -2.18. The molecular weight excluding hydrogens is 272 g/mol. The maximum Gasteiger partial charge on any atom is 0.491 e. The number of amides is 1. The maximum absolute atomic E-state index is 13.6. The highest BCUT2D eigenvalue weighted by atomic mass is 19.1. The summed E-state index contributed by atoms with van der Waals surface area (Å²) in [6, 6.07) is 10.9. The van der Waals surface area contributed by atoms with Crippen LogP contribution in [0.25, 0.3) is 0 Å². The number of anilines is 1. The molecule has 6 heteroatoms. The second-order valence-corrected chi connectivity index (χ2v) is 4.57. The van der Waals surface area contributed by atoms with Crippen molar-refractivity contribution in [1.82, 2.24) is 0 Å². The molecule has 0 fully saturated rings. The van der Waals surface area contributed by atoms with Crippen LogP contribution in [0.15, 0.2) is 42.5 Å². The average Bonchev–Trinajstić information content (AvgIpc) is 2.47. The summed E-state index contributed by atoms with van der Waals surface area (Å²) in [4.78, 5) is 12.1. The highest BCUT2D eigenvalue weighted by Crippen LogP contribution is 2.16. The molecule has 0 bridgehead atoms. The summed E-state index contributed by atoms with van der Waals surface area (Å²) in [5.41, 5.74) is 1.51. The second kappa shape index (κ2) is 6.52. The van der Waals surface area contributed by atoms with Gasteiger partial charge in [0.15, 0.2) is 0 Å². The Balaban J connectivity index is 2.23. The molecule has 4 nitrogen and oxygen atoms in total. The monoisotopic (exact) mass is 287 g/mol. The van der Waals surface area contributed by atoms with Crippen LogP contribution in [0.2, 0.25) is 0 Å². The van der Waals surface area contributed by atoms with Crippen molar-refractivity contribution in [2.75, 3.05) is 5.32 Å². The SMILES string of the molecule is CCc1ccccc1NC(=O)c1ccc(B(O)O)c(F)c1. The number of para-hydroxylation sites is 1. The van der Waals surface area contributed by atoms with Gasteiger partial charge in [-0.2, -0.15) is 0 Å². The number of carbonyl (C=O) groups is 1. The van der Waals surface area contributed by atoms with Gasteiger partial charge in [0.05, 0.1) is 0 Å². The van der Waals surface area contributed by atoms with Gasteiger partial charge in [-0.25, -0.2) is 4.39 Å². The Bertz CT molecular complexity index is 661. The number of benzene rings is 2. The van der Waals surface area contributed by atoms with Crippen molar-refractivity contribution in [2.45, 2.75) is 13.3 Å². The van der Waals surface area contributed by atoms with E-state index in [1.807, 2.05) is 19.1 Å². The Kier molecular flexibility index (Phi) is 4.72. The minimum atomic E-state index is -1.90. The summed E-state index contributed by atoms with van der Waals surface area (Å²) < 4.78 is 13.6. The number of carbonyl (C=O) groups excluding carboxylic acids is 1. The lowest BCUT2D eigenvalue weighted by molar-refractivity contribution is 0.102. The summed E-state index contributed by atoms with van der Waals surface area (Å²) in [7, 11) is -1.90. The summed E-state index contributed by atoms with van der Waals surface area (Å²) in [5, 5.41) is 20.6. The van der Waals surface area contributed by atoms with E-state index in [2.05, 4.69) is 5.32 Å². The van der Waals surface area contributed by atoms with Gasteiger partial charge in [-0.15, -0.1) is 0 Å². The molecule has 2 rings (SSSR count). The quantitative estimate of drug-likeness (QED) is 0.743. The van der Waals surface area contributed by atoms with Crippen molar-refractivity contribution in [3.8, 4) is 0 Å². The Labute approximate surface area is 122 Å². The first-order valence-corrected chi connectivity index (χ1v) is 6.57. The molecule has 2 aromatic rings. The normalized spacial score (nSPS) is 10.3. The predicted molar refractivity (Wildman–Crippen MR) is 80.0 cm³/mol. The van der Waals surface area contributed by atoms with Crippen LogP contribution in [0.4, 0.5) is 10.1 Å². The van der Waals surface area contributed by atoms with Crippen molar-refractivity contribution in [3.63, 3.8) is 0 Å². The van der Waals surface area contributed by atoms with Gasteiger partial charge in [-0.05, 0) is 30.2 Å². The zero-order valence-electron chi connectivity index (χ0n) is 11.5. The number of aryl methyl sites for hydroxylation is 1. The molecule has 2 aromatic carbocycles. The molecule has 0 aromatic heterocycles. The van der Waals surface area contributed by atoms with E-state index in [1.54, 1.807) is 12.1 Å². The summed E-state index contributed by atoms with van der Waals surface area (Å²) in [6.07, 6.45) is 0.764. The van der Waals surface area contributed by atoms with E-state index in [9.17, 15) is 9.18 Å². The van der Waals surface area contributed by atoms with Gasteiger partial charge in [0.25, 0.3) is 5.91 Å². The third-order valence-electron chi connectivity index (χ3n) is 3.19. The number of halogens is 1. The molecule has 0 aliphatic carbocycles. The maximum atomic E-state index is 13.6. The smallest absolute Gasteiger partial charge is 0.423 e. The molecule has 0 saturated carbocycles. The van der Waals surface area contributed by atoms with Gasteiger partial charge >= 0.3 is 7.12 Å². The lowest BCUT2D eigenvalue weighted by Gasteiger charge is -2.10. The minimum absolute atomic E-state index is 0.114. The lowest BCUT2D eigenvalue weighted by atomic mass is 9.79. The van der Waals surface area contributed by atoms with Crippen LogP contribution in [0, 0.1) is 5.82 Å². The summed E-state index contributed by atoms with van der Waals surface area (Å²) in [6.45, 7) is 1.97. The van der Waals surface area contributed by atoms with Crippen molar-refractivity contribution >= 4 is 24.2 Å². The minimum Gasteiger partial charge on any atom is -0.423 e. The second-order valence-electron chi connectivity index (χ2n) is 4.57. The number of hydrogen-bond donors (Lipinski definition) is 3. The largest absolute Gasteiger partial charge is 0.491 e. The van der Waals surface area contributed by atoms with Crippen LogP contribution in [0.3, 0.4) is 0 Å². The fourth-order valence-electron chi connectivity index (χ4n) is 2.02. The van der Waals surface area contributed by atoms with Crippen LogP contribution in [0.1, 0.15) is 22.8 Å². The van der Waals surface area contributed by atoms with Gasteiger partial charge in [0.1, 0.15) is 5.82 Å². The van der Waals surface area contributed by atoms with E-state index in [1.165, 1.54) is 12.1 Å². The van der Waals surface area contributed by atoms with E-state index >= 15 is 0 Å². The van der Waals surface area contributed by atoms with Gasteiger partial charge in [-0.1, -0.05) is 31.2 Å². The van der Waals surface area contributed by atoms with Gasteiger partial charge < -0.3 is 15.4 Å². The fourth-order valence-corrected chi connectivity index (χ4v) is 2.02. The van der Waals surface area contributed by atoms with Crippen molar-refractivity contribution < 1.29 is 19.2 Å². The third-order valence-corrected chi connectivity index (χ3v) is 3.19. The predicted octanol–water partition coefficient (Wildman–Crippen LogP) is 1.32. The zero-order valence-corrected chi connectivity index (χ0v) is 11.5. The first-order chi connectivity index (χ1) is 10.0. The highest BCUT2D eigenvalue weighted by Gasteiger charge is 2.18. The Morgan fingerprint density at radius 3 is 2.57 bits per heavy atom. The molecule has 21 heavy (non-hydrogen) atoms. The van der Waals surface area contributed by atoms with Crippen molar-refractivity contribution in [1.29, 1.82) is 0 Å². The first kappa shape index (κ1) is 15.2. The third kappa shape index (κ3) is 3.48. The summed E-state index contributed by atoms with van der Waals surface area (Å²) in [5.74, 6) is -1.28. The van der Waals surface area contributed by atoms with Crippen molar-refractivity contribution in [3.05, 3.63) is 59.4 Å². The fraction of sp³-hybridized carbons (Fsp3) is 0.133. The molecule has 0 unspecified atom stereocenters.